The van der Waals surface area contributed by atoms with Crippen LogP contribution in [0.2, 0.25) is 0 Å². The van der Waals surface area contributed by atoms with Gasteiger partial charge in [-0.25, -0.2) is 5.10 Å². The monoisotopic (exact) mass is 120 g/mol. The van der Waals surface area contributed by atoms with E-state index in [1.54, 1.807) is 6.07 Å². The predicted molar refractivity (Wildman–Crippen MR) is 28.3 cm³/mol. The van der Waals surface area contributed by atoms with Crippen LogP contribution in [0.1, 0.15) is 0 Å². The molecule has 5 heteroatoms. The summed E-state index contributed by atoms with van der Waals surface area (Å²) in [6.07, 6.45) is 2.54. The number of nitrogens with one attached hydrogen (secondary N) is 1. The van der Waals surface area contributed by atoms with E-state index in [9.17, 15) is 0 Å². The Balaban J connectivity index is 2.95. The van der Waals surface area contributed by atoms with Crippen molar-refractivity contribution in [1.82, 2.24) is 25.6 Å². The topological polar surface area (TPSA) is 67.3 Å². The first-order chi connectivity index (χ1) is 4.47. The first kappa shape index (κ1) is 4.37. The molecule has 1 radical (unpaired) electrons. The maximum Gasteiger partial charge on any atom is 0.198 e. The summed E-state index contributed by atoms with van der Waals surface area (Å²) >= 11 is 0. The van der Waals surface area contributed by atoms with Crippen LogP contribution in [-0.2, 0) is 0 Å². The Morgan fingerprint density at radius 2 is 2.44 bits per heavy atom. The van der Waals surface area contributed by atoms with Crippen LogP contribution in [0.4, 0.5) is 0 Å². The number of nitrogens with zero attached hydrogens (tertiary/aromatic N) is 4. The van der Waals surface area contributed by atoms with Gasteiger partial charge < -0.3 is 0 Å². The quantitative estimate of drug-likeness (QED) is 0.511. The predicted octanol–water partition coefficient (Wildman–Crippen LogP) is -0.452. The second kappa shape index (κ2) is 1.48. The van der Waals surface area contributed by atoms with Crippen molar-refractivity contribution in [2.45, 2.75) is 0 Å². The minimum atomic E-state index is 0.591. The molecule has 5 nitrogen and oxygen atoms in total. The van der Waals surface area contributed by atoms with E-state index in [2.05, 4.69) is 31.8 Å². The molecule has 1 N–H and O–H groups in total. The summed E-state index contributed by atoms with van der Waals surface area (Å²) in [7, 11) is 0. The SMILES string of the molecule is [c]1cc2nn[nH]c2nn1. The van der Waals surface area contributed by atoms with Crippen molar-refractivity contribution in [3.63, 3.8) is 0 Å². The van der Waals surface area contributed by atoms with E-state index in [4.69, 9.17) is 0 Å². The van der Waals surface area contributed by atoms with Crippen LogP contribution in [0, 0.1) is 6.20 Å². The van der Waals surface area contributed by atoms with Crippen LogP contribution >= 0.6 is 0 Å². The summed E-state index contributed by atoms with van der Waals surface area (Å²) in [5, 5.41) is 16.9. The molecule has 0 aromatic carbocycles. The van der Waals surface area contributed by atoms with Gasteiger partial charge >= 0.3 is 0 Å². The molecule has 0 amide bonds. The highest BCUT2D eigenvalue weighted by molar-refractivity contribution is 5.66. The number of aromatic nitrogens is 5. The Hall–Kier alpha value is -1.52. The van der Waals surface area contributed by atoms with Gasteiger partial charge in [-0.2, -0.15) is 0 Å². The standard InChI is InChI=1S/C4H2N5/c1-2-5-7-4-3(1)6-9-8-4/h1H,(H,6,7,8,9). The first-order valence-corrected chi connectivity index (χ1v) is 2.37. The molecule has 2 aromatic heterocycles. The zero-order valence-corrected chi connectivity index (χ0v) is 4.37. The van der Waals surface area contributed by atoms with E-state index in [-0.39, 0.29) is 0 Å². The van der Waals surface area contributed by atoms with Gasteiger partial charge in [0.15, 0.2) is 5.65 Å². The maximum absolute atomic E-state index is 3.68. The lowest BCUT2D eigenvalue weighted by Gasteiger charge is -1.76. The fourth-order valence-corrected chi connectivity index (χ4v) is 0.571. The number of hydrogen-bond donors (Lipinski definition) is 1. The van der Waals surface area contributed by atoms with Gasteiger partial charge in [0.1, 0.15) is 11.7 Å². The molecular formula is C4H2N5. The van der Waals surface area contributed by atoms with Crippen molar-refractivity contribution in [1.29, 1.82) is 0 Å². The molecule has 0 aliphatic heterocycles. The molecule has 43 valence electrons. The van der Waals surface area contributed by atoms with Crippen molar-refractivity contribution >= 4 is 11.2 Å². The van der Waals surface area contributed by atoms with E-state index in [1.165, 1.54) is 0 Å². The minimum Gasteiger partial charge on any atom is -0.239 e. The van der Waals surface area contributed by atoms with Crippen LogP contribution in [-0.4, -0.2) is 25.6 Å². The van der Waals surface area contributed by atoms with Gasteiger partial charge in [0.2, 0.25) is 0 Å². The average Bonchev–Trinajstić information content (AvgIpc) is 2.33. The number of fused-ring (bicyclic) bond motifs is 1. The molecule has 0 saturated heterocycles. The van der Waals surface area contributed by atoms with Crippen LogP contribution < -0.4 is 0 Å². The molecule has 0 saturated carbocycles. The van der Waals surface area contributed by atoms with Crippen molar-refractivity contribution < 1.29 is 0 Å². The lowest BCUT2D eigenvalue weighted by molar-refractivity contribution is 0.946. The number of aromatic amines is 1. The first-order valence-electron chi connectivity index (χ1n) is 2.37. The third kappa shape index (κ3) is 0.543. The minimum absolute atomic E-state index is 0.591. The molecule has 0 unspecified atom stereocenters. The third-order valence-corrected chi connectivity index (χ3v) is 0.965. The second-order valence-electron chi connectivity index (χ2n) is 1.52. The molecule has 0 spiro atoms. The van der Waals surface area contributed by atoms with Crippen molar-refractivity contribution in [3.8, 4) is 0 Å². The Kier molecular flexibility index (Phi) is 0.717. The van der Waals surface area contributed by atoms with Gasteiger partial charge in [0, 0.05) is 0 Å². The lowest BCUT2D eigenvalue weighted by Crippen LogP contribution is -1.79. The summed E-state index contributed by atoms with van der Waals surface area (Å²) in [6, 6.07) is 1.62. The molecule has 2 rings (SSSR count). The highest BCUT2D eigenvalue weighted by atomic mass is 15.4. The van der Waals surface area contributed by atoms with Crippen molar-refractivity contribution in [2.75, 3.05) is 0 Å². The zero-order chi connectivity index (χ0) is 6.10. The average molecular weight is 120 g/mol. The summed E-state index contributed by atoms with van der Waals surface area (Å²) in [5.74, 6) is 0. The molecule has 2 heterocycles. The summed E-state index contributed by atoms with van der Waals surface area (Å²) in [4.78, 5) is 0. The Morgan fingerprint density at radius 3 is 3.33 bits per heavy atom. The highest BCUT2D eigenvalue weighted by Gasteiger charge is 1.93. The van der Waals surface area contributed by atoms with Gasteiger partial charge in [0.05, 0.1) is 0 Å². The normalized spacial score (nSPS) is 10.2. The van der Waals surface area contributed by atoms with Gasteiger partial charge in [0.25, 0.3) is 0 Å². The molecular weight excluding hydrogens is 118 g/mol. The van der Waals surface area contributed by atoms with Crippen LogP contribution in [0.25, 0.3) is 11.2 Å². The Labute approximate surface area is 50.1 Å². The summed E-state index contributed by atoms with van der Waals surface area (Å²) in [6.45, 7) is 0. The Bertz CT molecular complexity index is 283. The van der Waals surface area contributed by atoms with Crippen LogP contribution in [0.3, 0.4) is 0 Å². The lowest BCUT2D eigenvalue weighted by atomic mass is 10.5. The highest BCUT2D eigenvalue weighted by Crippen LogP contribution is 1.97. The molecule has 0 aliphatic rings. The molecule has 0 fully saturated rings. The summed E-state index contributed by atoms with van der Waals surface area (Å²) in [5.41, 5.74) is 1.28. The number of rotatable bonds is 0. The largest absolute Gasteiger partial charge is 0.239 e. The van der Waals surface area contributed by atoms with Crippen LogP contribution in [0.15, 0.2) is 6.07 Å². The van der Waals surface area contributed by atoms with E-state index >= 15 is 0 Å². The smallest absolute Gasteiger partial charge is 0.198 e. The van der Waals surface area contributed by atoms with E-state index < -0.39 is 0 Å². The van der Waals surface area contributed by atoms with Gasteiger partial charge in [-0.15, -0.1) is 15.3 Å². The number of H-pyrrole nitrogens is 1. The zero-order valence-electron chi connectivity index (χ0n) is 4.37. The van der Waals surface area contributed by atoms with E-state index in [0.717, 1.165) is 0 Å². The van der Waals surface area contributed by atoms with Gasteiger partial charge in [-0.3, -0.25) is 0 Å². The fourth-order valence-electron chi connectivity index (χ4n) is 0.571. The molecule has 0 atom stereocenters. The third-order valence-electron chi connectivity index (χ3n) is 0.965. The summed E-state index contributed by atoms with van der Waals surface area (Å²) < 4.78 is 0. The van der Waals surface area contributed by atoms with Crippen molar-refractivity contribution in [2.24, 2.45) is 0 Å². The number of hydrogen-bond acceptors (Lipinski definition) is 4. The van der Waals surface area contributed by atoms with E-state index in [0.29, 0.717) is 11.2 Å². The molecule has 9 heavy (non-hydrogen) atoms. The Morgan fingerprint density at radius 1 is 1.44 bits per heavy atom. The molecule has 0 bridgehead atoms. The van der Waals surface area contributed by atoms with Gasteiger partial charge in [-0.05, 0) is 6.07 Å². The maximum atomic E-state index is 3.68. The van der Waals surface area contributed by atoms with Crippen molar-refractivity contribution in [3.05, 3.63) is 12.3 Å². The molecule has 0 aliphatic carbocycles. The fraction of sp³-hybridized carbons (Fsp3) is 0. The van der Waals surface area contributed by atoms with E-state index in [1.807, 2.05) is 0 Å². The molecule has 2 aromatic rings. The van der Waals surface area contributed by atoms with Crippen LogP contribution in [0.5, 0.6) is 0 Å². The second-order valence-corrected chi connectivity index (χ2v) is 1.52. The van der Waals surface area contributed by atoms with Gasteiger partial charge in [-0.1, -0.05) is 5.21 Å².